The fourth-order valence-electron chi connectivity index (χ4n) is 5.02. The van der Waals surface area contributed by atoms with Crippen LogP contribution in [0, 0.1) is 5.82 Å². The second-order valence-electron chi connectivity index (χ2n) is 10.7. The monoisotopic (exact) mass is 646 g/mol. The van der Waals surface area contributed by atoms with E-state index in [-0.39, 0.29) is 49.2 Å². The van der Waals surface area contributed by atoms with E-state index in [1.54, 1.807) is 36.7 Å². The molecule has 1 aromatic heterocycles. The molecule has 240 valence electrons. The zero-order valence-corrected chi connectivity index (χ0v) is 25.9. The minimum absolute atomic E-state index is 0.0272. The van der Waals surface area contributed by atoms with Crippen LogP contribution in [0.1, 0.15) is 16.7 Å². The van der Waals surface area contributed by atoms with Crippen molar-refractivity contribution in [3.05, 3.63) is 126 Å². The zero-order valence-electron chi connectivity index (χ0n) is 25.1. The Bertz CT molecular complexity index is 1690. The van der Waals surface area contributed by atoms with Crippen molar-refractivity contribution in [3.8, 4) is 5.75 Å². The molecule has 12 heteroatoms. The average molecular weight is 647 g/mol. The fraction of sp³-hybridized carbons (Fsp3) is 0.265. The molecule has 5 rings (SSSR count). The van der Waals surface area contributed by atoms with Gasteiger partial charge >= 0.3 is 0 Å². The van der Waals surface area contributed by atoms with Gasteiger partial charge in [-0.2, -0.15) is 4.31 Å². The molecule has 4 aromatic rings. The van der Waals surface area contributed by atoms with E-state index in [1.165, 1.54) is 45.6 Å². The van der Waals surface area contributed by atoms with Gasteiger partial charge in [-0.15, -0.1) is 0 Å². The summed E-state index contributed by atoms with van der Waals surface area (Å²) in [6.45, 7) is 1.08. The number of amides is 2. The molecular formula is C34H35FN4O6S. The highest BCUT2D eigenvalue weighted by molar-refractivity contribution is 7.89. The quantitative estimate of drug-likeness (QED) is 0.236. The van der Waals surface area contributed by atoms with Crippen molar-refractivity contribution in [1.29, 1.82) is 0 Å². The van der Waals surface area contributed by atoms with Crippen molar-refractivity contribution < 1.29 is 31.9 Å². The summed E-state index contributed by atoms with van der Waals surface area (Å²) in [4.78, 5) is 33.2. The van der Waals surface area contributed by atoms with Crippen LogP contribution < -0.4 is 10.1 Å². The van der Waals surface area contributed by atoms with E-state index < -0.39 is 34.4 Å². The van der Waals surface area contributed by atoms with Gasteiger partial charge in [0.25, 0.3) is 5.91 Å². The first kappa shape index (κ1) is 32.7. The lowest BCUT2D eigenvalue weighted by Crippen LogP contribution is -2.51. The number of carbonyl (C=O) groups excluding carboxylic acids is 2. The molecule has 1 N–H and O–H groups in total. The molecule has 46 heavy (non-hydrogen) atoms. The van der Waals surface area contributed by atoms with Gasteiger partial charge in [-0.05, 0) is 65.2 Å². The van der Waals surface area contributed by atoms with Crippen LogP contribution in [0.3, 0.4) is 0 Å². The van der Waals surface area contributed by atoms with Gasteiger partial charge in [0.05, 0.1) is 18.1 Å². The van der Waals surface area contributed by atoms with Gasteiger partial charge < -0.3 is 19.7 Å². The predicted octanol–water partition coefficient (Wildman–Crippen LogP) is 3.58. The van der Waals surface area contributed by atoms with E-state index >= 15 is 0 Å². The fourth-order valence-corrected chi connectivity index (χ4v) is 6.43. The summed E-state index contributed by atoms with van der Waals surface area (Å²) in [6.07, 6.45) is 3.49. The van der Waals surface area contributed by atoms with Crippen LogP contribution in [0.4, 0.5) is 4.39 Å². The van der Waals surface area contributed by atoms with Gasteiger partial charge in [-0.3, -0.25) is 14.6 Å². The number of benzene rings is 3. The molecule has 2 heterocycles. The Morgan fingerprint density at radius 2 is 1.57 bits per heavy atom. The van der Waals surface area contributed by atoms with Crippen LogP contribution in [-0.4, -0.2) is 73.4 Å². The molecule has 1 atom stereocenters. The van der Waals surface area contributed by atoms with Crippen molar-refractivity contribution in [2.45, 2.75) is 30.4 Å². The third-order valence-electron chi connectivity index (χ3n) is 7.55. The number of nitrogens with one attached hydrogen (secondary N) is 1. The maximum Gasteiger partial charge on any atom is 0.261 e. The first-order valence-electron chi connectivity index (χ1n) is 14.8. The summed E-state index contributed by atoms with van der Waals surface area (Å²) in [5, 5.41) is 2.94. The van der Waals surface area contributed by atoms with E-state index in [0.29, 0.717) is 18.8 Å². The number of hydrogen-bond acceptors (Lipinski definition) is 7. The lowest BCUT2D eigenvalue weighted by Gasteiger charge is -2.31. The van der Waals surface area contributed by atoms with Gasteiger partial charge in [0.1, 0.15) is 17.6 Å². The molecule has 0 aliphatic carbocycles. The Balaban J connectivity index is 1.35. The molecule has 1 fully saturated rings. The van der Waals surface area contributed by atoms with Crippen LogP contribution in [0.2, 0.25) is 0 Å². The van der Waals surface area contributed by atoms with Crippen LogP contribution in [0.5, 0.6) is 5.75 Å². The number of halogens is 1. The highest BCUT2D eigenvalue weighted by Gasteiger charge is 2.31. The van der Waals surface area contributed by atoms with E-state index in [0.717, 1.165) is 11.1 Å². The third kappa shape index (κ3) is 8.75. The second-order valence-corrected chi connectivity index (χ2v) is 12.6. The number of aromatic nitrogens is 1. The lowest BCUT2D eigenvalue weighted by atomic mass is 10.0. The Morgan fingerprint density at radius 3 is 2.24 bits per heavy atom. The second kappa shape index (κ2) is 15.6. The maximum atomic E-state index is 13.9. The molecule has 0 saturated carbocycles. The third-order valence-corrected chi connectivity index (χ3v) is 9.46. The molecule has 0 unspecified atom stereocenters. The Kier molecular flexibility index (Phi) is 11.1. The smallest absolute Gasteiger partial charge is 0.261 e. The molecule has 0 bridgehead atoms. The minimum Gasteiger partial charge on any atom is -0.484 e. The molecule has 2 amide bonds. The molecule has 0 radical (unpaired) electrons. The summed E-state index contributed by atoms with van der Waals surface area (Å²) in [5.74, 6) is -0.971. The van der Waals surface area contributed by atoms with Crippen LogP contribution in [0.25, 0.3) is 0 Å². The van der Waals surface area contributed by atoms with Gasteiger partial charge in [0.2, 0.25) is 15.9 Å². The molecule has 1 aliphatic heterocycles. The summed E-state index contributed by atoms with van der Waals surface area (Å²) < 4.78 is 52.1. The van der Waals surface area contributed by atoms with Crippen molar-refractivity contribution in [2.75, 3.05) is 32.9 Å². The largest absolute Gasteiger partial charge is 0.484 e. The van der Waals surface area contributed by atoms with E-state index in [4.69, 9.17) is 9.47 Å². The molecule has 1 aliphatic rings. The van der Waals surface area contributed by atoms with Crippen molar-refractivity contribution in [3.63, 3.8) is 0 Å². The van der Waals surface area contributed by atoms with Crippen molar-refractivity contribution in [1.82, 2.24) is 19.5 Å². The zero-order chi connectivity index (χ0) is 32.4. The molecule has 1 saturated heterocycles. The number of pyridine rings is 1. The molecular weight excluding hydrogens is 611 g/mol. The lowest BCUT2D eigenvalue weighted by molar-refractivity contribution is -0.142. The average Bonchev–Trinajstić information content (AvgIpc) is 3.10. The van der Waals surface area contributed by atoms with Gasteiger partial charge in [-0.1, -0.05) is 42.5 Å². The molecule has 3 aromatic carbocycles. The van der Waals surface area contributed by atoms with Gasteiger partial charge in [0.15, 0.2) is 6.61 Å². The highest BCUT2D eigenvalue weighted by atomic mass is 32.2. The number of morpholine rings is 1. The Hall–Kier alpha value is -4.65. The summed E-state index contributed by atoms with van der Waals surface area (Å²) in [5.41, 5.74) is 2.33. The number of hydrogen-bond donors (Lipinski definition) is 1. The number of ether oxygens (including phenoxy) is 2. The summed E-state index contributed by atoms with van der Waals surface area (Å²) >= 11 is 0. The first-order chi connectivity index (χ1) is 22.3. The normalized spacial score (nSPS) is 14.3. The molecule has 0 spiro atoms. The summed E-state index contributed by atoms with van der Waals surface area (Å²) in [6, 6.07) is 23.6. The number of rotatable bonds is 13. The van der Waals surface area contributed by atoms with E-state index in [9.17, 15) is 22.4 Å². The van der Waals surface area contributed by atoms with E-state index in [2.05, 4.69) is 10.3 Å². The van der Waals surface area contributed by atoms with Gasteiger partial charge in [-0.25, -0.2) is 12.8 Å². The Labute approximate surface area is 267 Å². The number of sulfonamides is 1. The Morgan fingerprint density at radius 1 is 0.891 bits per heavy atom. The van der Waals surface area contributed by atoms with Crippen LogP contribution >= 0.6 is 0 Å². The molecule has 10 nitrogen and oxygen atoms in total. The number of nitrogens with zero attached hydrogens (tertiary/aromatic N) is 3. The van der Waals surface area contributed by atoms with E-state index in [1.807, 2.05) is 30.3 Å². The maximum absolute atomic E-state index is 13.9. The van der Waals surface area contributed by atoms with Gasteiger partial charge in [0, 0.05) is 45.0 Å². The topological polar surface area (TPSA) is 118 Å². The standard InChI is InChI=1S/C34H35FN4O6S/c35-29-8-6-28(7-9-29)24-39(32(22-26-4-2-1-3-5-26)34(41)37-23-27-14-16-36-17-15-27)33(40)25-45-30-10-12-31(13-11-30)46(42,43)38-18-20-44-21-19-38/h1-17,32H,18-25H2,(H,37,41)/t32-/m0/s1. The summed E-state index contributed by atoms with van der Waals surface area (Å²) in [7, 11) is -3.69. The number of carbonyl (C=O) groups is 2. The minimum atomic E-state index is -3.69. The van der Waals surface area contributed by atoms with Crippen molar-refractivity contribution >= 4 is 21.8 Å². The first-order valence-corrected chi connectivity index (χ1v) is 16.3. The van der Waals surface area contributed by atoms with Crippen LogP contribution in [0.15, 0.2) is 108 Å². The van der Waals surface area contributed by atoms with Crippen LogP contribution in [-0.2, 0) is 43.9 Å². The van der Waals surface area contributed by atoms with Crippen molar-refractivity contribution in [2.24, 2.45) is 0 Å². The highest BCUT2D eigenvalue weighted by Crippen LogP contribution is 2.21. The SMILES string of the molecule is O=C(NCc1ccncc1)[C@H](Cc1ccccc1)N(Cc1ccc(F)cc1)C(=O)COc1ccc(S(=O)(=O)N2CCOCC2)cc1. The predicted molar refractivity (Wildman–Crippen MR) is 168 cm³/mol.